The third-order valence-corrected chi connectivity index (χ3v) is 2.38. The first-order chi connectivity index (χ1) is 7.98. The predicted molar refractivity (Wildman–Crippen MR) is 51.4 cm³/mol. The molecule has 0 saturated carbocycles. The van der Waals surface area contributed by atoms with E-state index >= 15 is 0 Å². The standard InChI is InChI=1S/C11H9F3O3/c12-11(13,14)10(15)17-9-5-6-16-8-4-2-1-3-7(8)9/h1-4,9H,5-6H2. The summed E-state index contributed by atoms with van der Waals surface area (Å²) in [7, 11) is 0. The molecule has 17 heavy (non-hydrogen) atoms. The summed E-state index contributed by atoms with van der Waals surface area (Å²) in [5.41, 5.74) is 0.469. The fourth-order valence-corrected chi connectivity index (χ4v) is 1.63. The number of benzene rings is 1. The molecule has 0 saturated heterocycles. The molecule has 0 bridgehead atoms. The van der Waals surface area contributed by atoms with Crippen molar-refractivity contribution in [2.24, 2.45) is 0 Å². The van der Waals surface area contributed by atoms with E-state index in [-0.39, 0.29) is 13.0 Å². The summed E-state index contributed by atoms with van der Waals surface area (Å²) >= 11 is 0. The fraction of sp³-hybridized carbons (Fsp3) is 0.364. The number of para-hydroxylation sites is 1. The Balaban J connectivity index is 2.17. The molecule has 1 aromatic carbocycles. The van der Waals surface area contributed by atoms with Crippen LogP contribution in [0.2, 0.25) is 0 Å². The van der Waals surface area contributed by atoms with E-state index in [0.29, 0.717) is 11.3 Å². The van der Waals surface area contributed by atoms with Crippen LogP contribution in [0, 0.1) is 0 Å². The number of halogens is 3. The Labute approximate surface area is 95.1 Å². The third-order valence-electron chi connectivity index (χ3n) is 2.38. The Morgan fingerprint density at radius 2 is 2.06 bits per heavy atom. The molecular weight excluding hydrogens is 237 g/mol. The zero-order valence-electron chi connectivity index (χ0n) is 8.66. The number of fused-ring (bicyclic) bond motifs is 1. The first-order valence-corrected chi connectivity index (χ1v) is 4.98. The summed E-state index contributed by atoms with van der Waals surface area (Å²) < 4.78 is 45.9. The molecule has 0 spiro atoms. The summed E-state index contributed by atoms with van der Waals surface area (Å²) in [4.78, 5) is 10.8. The van der Waals surface area contributed by atoms with Gasteiger partial charge in [0.25, 0.3) is 0 Å². The lowest BCUT2D eigenvalue weighted by molar-refractivity contribution is -0.206. The van der Waals surface area contributed by atoms with E-state index in [4.69, 9.17) is 4.74 Å². The minimum Gasteiger partial charge on any atom is -0.493 e. The molecule has 0 radical (unpaired) electrons. The van der Waals surface area contributed by atoms with Crippen LogP contribution >= 0.6 is 0 Å². The number of rotatable bonds is 1. The van der Waals surface area contributed by atoms with Crippen molar-refractivity contribution in [2.45, 2.75) is 18.7 Å². The van der Waals surface area contributed by atoms with Crippen LogP contribution in [0.25, 0.3) is 0 Å². The summed E-state index contributed by atoms with van der Waals surface area (Å²) in [6.07, 6.45) is -5.64. The molecule has 2 rings (SSSR count). The molecule has 0 fully saturated rings. The highest BCUT2D eigenvalue weighted by atomic mass is 19.4. The molecule has 0 amide bonds. The highest BCUT2D eigenvalue weighted by molar-refractivity contribution is 5.76. The van der Waals surface area contributed by atoms with E-state index in [1.807, 2.05) is 0 Å². The second kappa shape index (κ2) is 4.27. The predicted octanol–water partition coefficient (Wildman–Crippen LogP) is 2.62. The van der Waals surface area contributed by atoms with Gasteiger partial charge in [0.15, 0.2) is 0 Å². The van der Waals surface area contributed by atoms with Gasteiger partial charge < -0.3 is 9.47 Å². The molecule has 1 heterocycles. The van der Waals surface area contributed by atoms with E-state index in [9.17, 15) is 18.0 Å². The number of ether oxygens (including phenoxy) is 2. The normalized spacial score (nSPS) is 19.1. The Bertz CT molecular complexity index is 428. The topological polar surface area (TPSA) is 35.5 Å². The van der Waals surface area contributed by atoms with Crippen LogP contribution in [0.5, 0.6) is 5.75 Å². The third kappa shape index (κ3) is 2.51. The van der Waals surface area contributed by atoms with Gasteiger partial charge >= 0.3 is 12.1 Å². The molecule has 1 aromatic rings. The van der Waals surface area contributed by atoms with Crippen molar-refractivity contribution in [1.29, 1.82) is 0 Å². The number of esters is 1. The molecular formula is C11H9F3O3. The fourth-order valence-electron chi connectivity index (χ4n) is 1.63. The van der Waals surface area contributed by atoms with Gasteiger partial charge in [0, 0.05) is 12.0 Å². The monoisotopic (exact) mass is 246 g/mol. The van der Waals surface area contributed by atoms with Gasteiger partial charge in [0.05, 0.1) is 6.61 Å². The SMILES string of the molecule is O=C(OC1CCOc2ccccc21)C(F)(F)F. The van der Waals surface area contributed by atoms with Crippen LogP contribution in [-0.2, 0) is 9.53 Å². The van der Waals surface area contributed by atoms with E-state index in [1.54, 1.807) is 24.3 Å². The number of hydrogen-bond acceptors (Lipinski definition) is 3. The van der Waals surface area contributed by atoms with Crippen LogP contribution in [-0.4, -0.2) is 18.8 Å². The van der Waals surface area contributed by atoms with Gasteiger partial charge in [-0.05, 0) is 6.07 Å². The van der Waals surface area contributed by atoms with Crippen molar-refractivity contribution in [1.82, 2.24) is 0 Å². The van der Waals surface area contributed by atoms with E-state index < -0.39 is 18.2 Å². The highest BCUT2D eigenvalue weighted by Crippen LogP contribution is 2.35. The van der Waals surface area contributed by atoms with E-state index in [2.05, 4.69) is 4.74 Å². The van der Waals surface area contributed by atoms with Gasteiger partial charge in [-0.2, -0.15) is 13.2 Å². The molecule has 3 nitrogen and oxygen atoms in total. The number of hydrogen-bond donors (Lipinski definition) is 0. The molecule has 92 valence electrons. The number of carbonyl (C=O) groups is 1. The van der Waals surface area contributed by atoms with E-state index in [1.165, 1.54) is 0 Å². The first kappa shape index (κ1) is 11.8. The second-order valence-corrected chi connectivity index (χ2v) is 3.57. The molecule has 0 aliphatic carbocycles. The molecule has 1 unspecified atom stereocenters. The van der Waals surface area contributed by atoms with Gasteiger partial charge in [0.1, 0.15) is 11.9 Å². The Morgan fingerprint density at radius 1 is 1.35 bits per heavy atom. The smallest absolute Gasteiger partial charge is 0.490 e. The van der Waals surface area contributed by atoms with Crippen molar-refractivity contribution < 1.29 is 27.4 Å². The lowest BCUT2D eigenvalue weighted by Crippen LogP contribution is -2.29. The molecule has 0 aromatic heterocycles. The number of carbonyl (C=O) groups excluding carboxylic acids is 1. The zero-order valence-corrected chi connectivity index (χ0v) is 8.66. The van der Waals surface area contributed by atoms with Crippen molar-refractivity contribution in [3.63, 3.8) is 0 Å². The second-order valence-electron chi connectivity index (χ2n) is 3.57. The minimum atomic E-state index is -4.97. The van der Waals surface area contributed by atoms with Crippen LogP contribution < -0.4 is 4.74 Å². The van der Waals surface area contributed by atoms with Crippen molar-refractivity contribution in [3.05, 3.63) is 29.8 Å². The molecule has 1 aliphatic rings. The Morgan fingerprint density at radius 3 is 2.76 bits per heavy atom. The van der Waals surface area contributed by atoms with Crippen molar-refractivity contribution >= 4 is 5.97 Å². The molecule has 1 atom stereocenters. The zero-order chi connectivity index (χ0) is 12.5. The van der Waals surface area contributed by atoms with Gasteiger partial charge in [-0.1, -0.05) is 18.2 Å². The van der Waals surface area contributed by atoms with Crippen LogP contribution in [0.1, 0.15) is 18.1 Å². The minimum absolute atomic E-state index is 0.221. The first-order valence-electron chi connectivity index (χ1n) is 4.98. The van der Waals surface area contributed by atoms with Crippen LogP contribution in [0.3, 0.4) is 0 Å². The van der Waals surface area contributed by atoms with Gasteiger partial charge in [-0.15, -0.1) is 0 Å². The van der Waals surface area contributed by atoms with Crippen LogP contribution in [0.15, 0.2) is 24.3 Å². The maximum Gasteiger partial charge on any atom is 0.490 e. The van der Waals surface area contributed by atoms with Gasteiger partial charge in [-0.3, -0.25) is 0 Å². The maximum absolute atomic E-state index is 12.1. The maximum atomic E-state index is 12.1. The van der Waals surface area contributed by atoms with Crippen LogP contribution in [0.4, 0.5) is 13.2 Å². The summed E-state index contributed by atoms with van der Waals surface area (Å²) in [5.74, 6) is -1.71. The Kier molecular flexibility index (Phi) is 2.95. The quantitative estimate of drug-likeness (QED) is 0.714. The summed E-state index contributed by atoms with van der Waals surface area (Å²) in [6.45, 7) is 0.229. The van der Waals surface area contributed by atoms with E-state index in [0.717, 1.165) is 0 Å². The average molecular weight is 246 g/mol. The van der Waals surface area contributed by atoms with Crippen molar-refractivity contribution in [3.8, 4) is 5.75 Å². The molecule has 0 N–H and O–H groups in total. The highest BCUT2D eigenvalue weighted by Gasteiger charge is 2.43. The molecule has 6 heteroatoms. The average Bonchev–Trinajstić information content (AvgIpc) is 2.28. The lowest BCUT2D eigenvalue weighted by Gasteiger charge is -2.25. The number of alkyl halides is 3. The summed E-state index contributed by atoms with van der Waals surface area (Å²) in [5, 5.41) is 0. The summed E-state index contributed by atoms with van der Waals surface area (Å²) in [6, 6.07) is 6.57. The van der Waals surface area contributed by atoms with Gasteiger partial charge in [-0.25, -0.2) is 4.79 Å². The molecule has 1 aliphatic heterocycles. The Hall–Kier alpha value is -1.72. The lowest BCUT2D eigenvalue weighted by atomic mass is 10.0. The van der Waals surface area contributed by atoms with Gasteiger partial charge in [0.2, 0.25) is 0 Å². The largest absolute Gasteiger partial charge is 0.493 e. The van der Waals surface area contributed by atoms with Crippen molar-refractivity contribution in [2.75, 3.05) is 6.61 Å².